The lowest BCUT2D eigenvalue weighted by atomic mass is 10.1. The summed E-state index contributed by atoms with van der Waals surface area (Å²) in [6, 6.07) is 6.32. The molecule has 1 heterocycles. The lowest BCUT2D eigenvalue weighted by molar-refractivity contribution is 0.0587. The molecule has 0 fully saturated rings. The van der Waals surface area contributed by atoms with Gasteiger partial charge in [-0.3, -0.25) is 9.59 Å². The van der Waals surface area contributed by atoms with Crippen LogP contribution < -0.4 is 0 Å². The maximum absolute atomic E-state index is 11.8. The van der Waals surface area contributed by atoms with Crippen molar-refractivity contribution in [3.63, 3.8) is 0 Å². The van der Waals surface area contributed by atoms with E-state index in [9.17, 15) is 14.4 Å². The molecular weight excluding hydrogens is 222 g/mol. The number of amides is 3. The first-order chi connectivity index (χ1) is 8.16. The highest BCUT2D eigenvalue weighted by atomic mass is 16.6. The second-order valence-corrected chi connectivity index (χ2v) is 3.61. The van der Waals surface area contributed by atoms with Gasteiger partial charge in [0.1, 0.15) is 0 Å². The van der Waals surface area contributed by atoms with E-state index in [0.717, 1.165) is 0 Å². The van der Waals surface area contributed by atoms with E-state index in [1.807, 2.05) is 6.92 Å². The Morgan fingerprint density at radius 1 is 1.18 bits per heavy atom. The van der Waals surface area contributed by atoms with E-state index in [0.29, 0.717) is 11.3 Å². The number of imide groups is 3. The Balaban J connectivity index is 2.27. The Morgan fingerprint density at radius 2 is 1.71 bits per heavy atom. The average molecular weight is 233 g/mol. The van der Waals surface area contributed by atoms with Crippen molar-refractivity contribution in [1.82, 2.24) is 4.90 Å². The number of carbonyl (C=O) groups excluding carboxylic acids is 3. The maximum atomic E-state index is 11.8. The van der Waals surface area contributed by atoms with E-state index in [4.69, 9.17) is 4.74 Å². The summed E-state index contributed by atoms with van der Waals surface area (Å²) in [4.78, 5) is 35.7. The zero-order valence-corrected chi connectivity index (χ0v) is 9.30. The molecule has 0 saturated carbocycles. The fraction of sp³-hybridized carbons (Fsp3) is 0.250. The summed E-state index contributed by atoms with van der Waals surface area (Å²) in [5, 5.41) is 0. The molecule has 0 N–H and O–H groups in total. The van der Waals surface area contributed by atoms with Crippen LogP contribution in [0.15, 0.2) is 24.3 Å². The first-order valence-electron chi connectivity index (χ1n) is 5.31. The van der Waals surface area contributed by atoms with Gasteiger partial charge in [-0.15, -0.1) is 0 Å². The summed E-state index contributed by atoms with van der Waals surface area (Å²) in [5.74, 6) is -1.24. The smallest absolute Gasteiger partial charge is 0.424 e. The Hall–Kier alpha value is -2.17. The fourth-order valence-corrected chi connectivity index (χ4v) is 1.61. The predicted molar refractivity (Wildman–Crippen MR) is 58.6 cm³/mol. The first kappa shape index (κ1) is 11.3. The minimum atomic E-state index is -0.905. The number of ether oxygens (including phenoxy) is 1. The molecular formula is C12H11NO4. The molecule has 5 heteroatoms. The molecule has 0 saturated heterocycles. The Labute approximate surface area is 98.0 Å². The zero-order chi connectivity index (χ0) is 12.4. The van der Waals surface area contributed by atoms with Crippen molar-refractivity contribution >= 4 is 17.9 Å². The van der Waals surface area contributed by atoms with Crippen molar-refractivity contribution < 1.29 is 19.1 Å². The molecule has 0 unspecified atom stereocenters. The van der Waals surface area contributed by atoms with Gasteiger partial charge in [0.15, 0.2) is 0 Å². The van der Waals surface area contributed by atoms with Gasteiger partial charge in [-0.25, -0.2) is 4.79 Å². The van der Waals surface area contributed by atoms with E-state index in [1.165, 1.54) is 12.1 Å². The highest BCUT2D eigenvalue weighted by Crippen LogP contribution is 2.22. The van der Waals surface area contributed by atoms with Crippen LogP contribution in [-0.2, 0) is 4.74 Å². The van der Waals surface area contributed by atoms with Crippen molar-refractivity contribution in [1.29, 1.82) is 0 Å². The third kappa shape index (κ3) is 1.80. The first-order valence-corrected chi connectivity index (χ1v) is 5.31. The summed E-state index contributed by atoms with van der Waals surface area (Å²) in [7, 11) is 0. The van der Waals surface area contributed by atoms with Crippen LogP contribution in [0.1, 0.15) is 34.1 Å². The summed E-state index contributed by atoms with van der Waals surface area (Å²) < 4.78 is 4.79. The van der Waals surface area contributed by atoms with Crippen molar-refractivity contribution in [3.8, 4) is 0 Å². The number of rotatable bonds is 2. The molecule has 1 aliphatic heterocycles. The van der Waals surface area contributed by atoms with Gasteiger partial charge < -0.3 is 4.74 Å². The summed E-state index contributed by atoms with van der Waals surface area (Å²) in [6.45, 7) is 2.02. The SMILES string of the molecule is CCCOC(=O)N1C(=O)c2ccccc2C1=O. The number of carbonyl (C=O) groups is 3. The minimum Gasteiger partial charge on any atom is -0.449 e. The third-order valence-corrected chi connectivity index (χ3v) is 2.41. The molecule has 1 aromatic carbocycles. The molecule has 2 rings (SSSR count). The number of benzene rings is 1. The third-order valence-electron chi connectivity index (χ3n) is 2.41. The zero-order valence-electron chi connectivity index (χ0n) is 9.30. The number of nitrogens with zero attached hydrogens (tertiary/aromatic N) is 1. The van der Waals surface area contributed by atoms with E-state index >= 15 is 0 Å². The standard InChI is InChI=1S/C12H11NO4/c1-2-7-17-12(16)13-10(14)8-5-3-4-6-9(8)11(13)15/h3-6H,2,7H2,1H3. The second-order valence-electron chi connectivity index (χ2n) is 3.61. The summed E-state index contributed by atoms with van der Waals surface area (Å²) in [6.07, 6.45) is -0.271. The Bertz CT molecular complexity index is 460. The highest BCUT2D eigenvalue weighted by molar-refractivity contribution is 6.27. The van der Waals surface area contributed by atoms with E-state index in [-0.39, 0.29) is 17.7 Å². The predicted octanol–water partition coefficient (Wildman–Crippen LogP) is 1.83. The molecule has 17 heavy (non-hydrogen) atoms. The molecule has 0 spiro atoms. The minimum absolute atomic E-state index is 0.187. The van der Waals surface area contributed by atoms with Crippen LogP contribution in [0.5, 0.6) is 0 Å². The van der Waals surface area contributed by atoms with Gasteiger partial charge in [-0.05, 0) is 18.6 Å². The van der Waals surface area contributed by atoms with E-state index < -0.39 is 17.9 Å². The van der Waals surface area contributed by atoms with Gasteiger partial charge in [0.25, 0.3) is 11.8 Å². The molecule has 0 aliphatic carbocycles. The lowest BCUT2D eigenvalue weighted by Gasteiger charge is -2.11. The molecule has 0 atom stereocenters. The van der Waals surface area contributed by atoms with Crippen molar-refractivity contribution in [2.45, 2.75) is 13.3 Å². The second kappa shape index (κ2) is 4.37. The van der Waals surface area contributed by atoms with Gasteiger partial charge in [0.2, 0.25) is 0 Å². The normalized spacial score (nSPS) is 13.8. The van der Waals surface area contributed by atoms with Gasteiger partial charge >= 0.3 is 6.09 Å². The highest BCUT2D eigenvalue weighted by Gasteiger charge is 2.40. The largest absolute Gasteiger partial charge is 0.449 e. The fourth-order valence-electron chi connectivity index (χ4n) is 1.61. The van der Waals surface area contributed by atoms with Crippen LogP contribution in [-0.4, -0.2) is 29.4 Å². The van der Waals surface area contributed by atoms with Crippen LogP contribution in [0, 0.1) is 0 Å². The molecule has 1 aromatic rings. The van der Waals surface area contributed by atoms with Crippen LogP contribution in [0.3, 0.4) is 0 Å². The Kier molecular flexibility index (Phi) is 2.91. The summed E-state index contributed by atoms with van der Waals surface area (Å²) >= 11 is 0. The monoisotopic (exact) mass is 233 g/mol. The van der Waals surface area contributed by atoms with Gasteiger partial charge in [0, 0.05) is 0 Å². The molecule has 88 valence electrons. The maximum Gasteiger partial charge on any atom is 0.424 e. The van der Waals surface area contributed by atoms with Crippen molar-refractivity contribution in [2.24, 2.45) is 0 Å². The van der Waals surface area contributed by atoms with Crippen molar-refractivity contribution in [3.05, 3.63) is 35.4 Å². The quantitative estimate of drug-likeness (QED) is 0.731. The van der Waals surface area contributed by atoms with Crippen molar-refractivity contribution in [2.75, 3.05) is 6.61 Å². The number of fused-ring (bicyclic) bond motifs is 1. The van der Waals surface area contributed by atoms with Gasteiger partial charge in [-0.1, -0.05) is 19.1 Å². The molecule has 0 radical (unpaired) electrons. The Morgan fingerprint density at radius 3 is 2.18 bits per heavy atom. The van der Waals surface area contributed by atoms with Crippen LogP contribution >= 0.6 is 0 Å². The molecule has 5 nitrogen and oxygen atoms in total. The van der Waals surface area contributed by atoms with Crippen LogP contribution in [0.25, 0.3) is 0 Å². The van der Waals surface area contributed by atoms with E-state index in [2.05, 4.69) is 0 Å². The van der Waals surface area contributed by atoms with Crippen LogP contribution in [0.2, 0.25) is 0 Å². The molecule has 0 bridgehead atoms. The van der Waals surface area contributed by atoms with Crippen LogP contribution in [0.4, 0.5) is 4.79 Å². The topological polar surface area (TPSA) is 63.7 Å². The summed E-state index contributed by atoms with van der Waals surface area (Å²) in [5.41, 5.74) is 0.483. The van der Waals surface area contributed by atoms with Gasteiger partial charge in [0.05, 0.1) is 17.7 Å². The average Bonchev–Trinajstić information content (AvgIpc) is 2.60. The van der Waals surface area contributed by atoms with E-state index in [1.54, 1.807) is 12.1 Å². The number of hydrogen-bond donors (Lipinski definition) is 0. The molecule has 3 amide bonds. The lowest BCUT2D eigenvalue weighted by Crippen LogP contribution is -2.36. The number of hydrogen-bond acceptors (Lipinski definition) is 4. The molecule has 0 aromatic heterocycles. The van der Waals surface area contributed by atoms with Gasteiger partial charge in [-0.2, -0.15) is 4.90 Å². The molecule has 1 aliphatic rings.